The molecule has 0 aliphatic rings. The SMILES string of the molecule is Nc1cccc2c(NCc3ccccc3F)ccnc12. The number of para-hydroxylation sites is 1. The van der Waals surface area contributed by atoms with Crippen molar-refractivity contribution >= 4 is 22.3 Å². The number of benzene rings is 2. The van der Waals surface area contributed by atoms with Gasteiger partial charge in [-0.3, -0.25) is 4.98 Å². The van der Waals surface area contributed by atoms with E-state index in [0.717, 1.165) is 16.6 Å². The number of hydrogen-bond acceptors (Lipinski definition) is 3. The van der Waals surface area contributed by atoms with Gasteiger partial charge in [-0.05, 0) is 18.2 Å². The first-order valence-electron chi connectivity index (χ1n) is 6.36. The summed E-state index contributed by atoms with van der Waals surface area (Å²) >= 11 is 0. The summed E-state index contributed by atoms with van der Waals surface area (Å²) in [4.78, 5) is 4.27. The molecule has 20 heavy (non-hydrogen) atoms. The van der Waals surface area contributed by atoms with Gasteiger partial charge < -0.3 is 11.1 Å². The first-order valence-corrected chi connectivity index (χ1v) is 6.36. The first kappa shape index (κ1) is 12.4. The summed E-state index contributed by atoms with van der Waals surface area (Å²) in [7, 11) is 0. The van der Waals surface area contributed by atoms with Crippen LogP contribution in [0.15, 0.2) is 54.7 Å². The summed E-state index contributed by atoms with van der Waals surface area (Å²) in [6, 6.07) is 14.2. The molecule has 0 aliphatic carbocycles. The maximum Gasteiger partial charge on any atom is 0.128 e. The number of fused-ring (bicyclic) bond motifs is 1. The monoisotopic (exact) mass is 267 g/mol. The molecule has 0 fully saturated rings. The van der Waals surface area contributed by atoms with E-state index in [1.165, 1.54) is 6.07 Å². The van der Waals surface area contributed by atoms with Gasteiger partial charge in [-0.1, -0.05) is 30.3 Å². The van der Waals surface area contributed by atoms with Crippen LogP contribution >= 0.6 is 0 Å². The van der Waals surface area contributed by atoms with Crippen molar-refractivity contribution in [2.75, 3.05) is 11.1 Å². The van der Waals surface area contributed by atoms with E-state index in [2.05, 4.69) is 10.3 Å². The predicted molar refractivity (Wildman–Crippen MR) is 79.9 cm³/mol. The Balaban J connectivity index is 1.92. The average Bonchev–Trinajstić information content (AvgIpc) is 2.47. The largest absolute Gasteiger partial charge is 0.397 e. The van der Waals surface area contributed by atoms with Gasteiger partial charge in [0.2, 0.25) is 0 Å². The van der Waals surface area contributed by atoms with Crippen molar-refractivity contribution < 1.29 is 4.39 Å². The van der Waals surface area contributed by atoms with E-state index in [9.17, 15) is 4.39 Å². The molecule has 4 heteroatoms. The Bertz CT molecular complexity index is 756. The molecule has 0 saturated heterocycles. The lowest BCUT2D eigenvalue weighted by Gasteiger charge is -2.10. The molecule has 0 bridgehead atoms. The Hall–Kier alpha value is -2.62. The summed E-state index contributed by atoms with van der Waals surface area (Å²) < 4.78 is 13.6. The lowest BCUT2D eigenvalue weighted by molar-refractivity contribution is 0.613. The number of nitrogen functional groups attached to an aromatic ring is 1. The number of rotatable bonds is 3. The fourth-order valence-electron chi connectivity index (χ4n) is 2.19. The van der Waals surface area contributed by atoms with Gasteiger partial charge in [-0.2, -0.15) is 0 Å². The minimum atomic E-state index is -0.210. The first-order chi connectivity index (χ1) is 9.75. The molecule has 3 aromatic rings. The van der Waals surface area contributed by atoms with Crippen LogP contribution in [0.4, 0.5) is 15.8 Å². The highest BCUT2D eigenvalue weighted by Gasteiger charge is 2.05. The van der Waals surface area contributed by atoms with Gasteiger partial charge >= 0.3 is 0 Å². The number of aromatic nitrogens is 1. The van der Waals surface area contributed by atoms with Crippen LogP contribution in [0, 0.1) is 5.82 Å². The molecule has 3 N–H and O–H groups in total. The maximum absolute atomic E-state index is 13.6. The summed E-state index contributed by atoms with van der Waals surface area (Å²) in [5, 5.41) is 4.17. The summed E-state index contributed by atoms with van der Waals surface area (Å²) in [5.41, 5.74) is 8.82. The quantitative estimate of drug-likeness (QED) is 0.713. The third-order valence-electron chi connectivity index (χ3n) is 3.23. The molecular weight excluding hydrogens is 253 g/mol. The van der Waals surface area contributed by atoms with E-state index >= 15 is 0 Å². The Morgan fingerprint density at radius 2 is 1.90 bits per heavy atom. The smallest absolute Gasteiger partial charge is 0.128 e. The van der Waals surface area contributed by atoms with Crippen molar-refractivity contribution in [1.29, 1.82) is 0 Å². The van der Waals surface area contributed by atoms with Gasteiger partial charge in [-0.25, -0.2) is 4.39 Å². The fraction of sp³-hybridized carbons (Fsp3) is 0.0625. The van der Waals surface area contributed by atoms with Gasteiger partial charge in [-0.15, -0.1) is 0 Å². The Morgan fingerprint density at radius 3 is 2.75 bits per heavy atom. The second-order valence-electron chi connectivity index (χ2n) is 4.55. The molecule has 0 unspecified atom stereocenters. The predicted octanol–water partition coefficient (Wildman–Crippen LogP) is 3.57. The lowest BCUT2D eigenvalue weighted by atomic mass is 10.1. The molecule has 0 atom stereocenters. The molecule has 0 amide bonds. The van der Waals surface area contributed by atoms with Crippen LogP contribution < -0.4 is 11.1 Å². The number of nitrogens with one attached hydrogen (secondary N) is 1. The topological polar surface area (TPSA) is 50.9 Å². The fourth-order valence-corrected chi connectivity index (χ4v) is 2.19. The van der Waals surface area contributed by atoms with Crippen molar-refractivity contribution in [1.82, 2.24) is 4.98 Å². The highest BCUT2D eigenvalue weighted by molar-refractivity contribution is 5.97. The minimum absolute atomic E-state index is 0.210. The molecule has 100 valence electrons. The third kappa shape index (κ3) is 2.28. The average molecular weight is 267 g/mol. The van der Waals surface area contributed by atoms with Crippen molar-refractivity contribution in [3.05, 3.63) is 66.1 Å². The number of hydrogen-bond donors (Lipinski definition) is 2. The zero-order valence-electron chi connectivity index (χ0n) is 10.8. The van der Waals surface area contributed by atoms with Crippen LogP contribution in [0.3, 0.4) is 0 Å². The van der Waals surface area contributed by atoms with E-state index in [4.69, 9.17) is 5.73 Å². The molecule has 3 nitrogen and oxygen atoms in total. The van der Waals surface area contributed by atoms with Crippen molar-refractivity contribution in [3.8, 4) is 0 Å². The van der Waals surface area contributed by atoms with Gasteiger partial charge in [0.1, 0.15) is 5.82 Å². The molecule has 0 spiro atoms. The van der Waals surface area contributed by atoms with E-state index in [1.807, 2.05) is 30.3 Å². The second kappa shape index (κ2) is 5.17. The zero-order chi connectivity index (χ0) is 13.9. The number of anilines is 2. The number of halogens is 1. The third-order valence-corrected chi connectivity index (χ3v) is 3.23. The van der Waals surface area contributed by atoms with Crippen molar-refractivity contribution in [2.24, 2.45) is 0 Å². The molecule has 0 saturated carbocycles. The normalized spacial score (nSPS) is 10.7. The van der Waals surface area contributed by atoms with Gasteiger partial charge in [0.15, 0.2) is 0 Å². The highest BCUT2D eigenvalue weighted by atomic mass is 19.1. The number of pyridine rings is 1. The number of nitrogens with zero attached hydrogens (tertiary/aromatic N) is 1. The van der Waals surface area contributed by atoms with E-state index in [1.54, 1.807) is 18.3 Å². The zero-order valence-corrected chi connectivity index (χ0v) is 10.8. The van der Waals surface area contributed by atoms with Gasteiger partial charge in [0.25, 0.3) is 0 Å². The molecule has 2 aromatic carbocycles. The molecule has 1 heterocycles. The van der Waals surface area contributed by atoms with Crippen LogP contribution in [0.25, 0.3) is 10.9 Å². The van der Waals surface area contributed by atoms with Crippen LogP contribution in [0.1, 0.15) is 5.56 Å². The van der Waals surface area contributed by atoms with Crippen LogP contribution in [-0.4, -0.2) is 4.98 Å². The maximum atomic E-state index is 13.6. The Morgan fingerprint density at radius 1 is 1.05 bits per heavy atom. The Labute approximate surface area is 116 Å². The van der Waals surface area contributed by atoms with Crippen molar-refractivity contribution in [3.63, 3.8) is 0 Å². The molecule has 0 radical (unpaired) electrons. The summed E-state index contributed by atoms with van der Waals surface area (Å²) in [6.07, 6.45) is 1.70. The van der Waals surface area contributed by atoms with Gasteiger partial charge in [0.05, 0.1) is 11.2 Å². The van der Waals surface area contributed by atoms with Gasteiger partial charge in [0, 0.05) is 29.4 Å². The van der Waals surface area contributed by atoms with Crippen LogP contribution in [-0.2, 0) is 6.54 Å². The standard InChI is InChI=1S/C16H14FN3/c17-13-6-2-1-4-11(13)10-20-15-8-9-19-16-12(15)5-3-7-14(16)18/h1-9H,10,18H2,(H,19,20). The number of nitrogens with two attached hydrogens (primary N) is 1. The molecule has 1 aromatic heterocycles. The van der Waals surface area contributed by atoms with Crippen molar-refractivity contribution in [2.45, 2.75) is 6.54 Å². The molecule has 0 aliphatic heterocycles. The van der Waals surface area contributed by atoms with Crippen LogP contribution in [0.5, 0.6) is 0 Å². The summed E-state index contributed by atoms with van der Waals surface area (Å²) in [5.74, 6) is -0.210. The molecule has 3 rings (SSSR count). The Kier molecular flexibility index (Phi) is 3.21. The van der Waals surface area contributed by atoms with E-state index < -0.39 is 0 Å². The van der Waals surface area contributed by atoms with E-state index in [0.29, 0.717) is 17.8 Å². The van der Waals surface area contributed by atoms with Crippen LogP contribution in [0.2, 0.25) is 0 Å². The molecular formula is C16H14FN3. The summed E-state index contributed by atoms with van der Waals surface area (Å²) in [6.45, 7) is 0.417. The van der Waals surface area contributed by atoms with E-state index in [-0.39, 0.29) is 5.82 Å². The minimum Gasteiger partial charge on any atom is -0.397 e. The second-order valence-corrected chi connectivity index (χ2v) is 4.55. The highest BCUT2D eigenvalue weighted by Crippen LogP contribution is 2.25. The lowest BCUT2D eigenvalue weighted by Crippen LogP contribution is -2.02.